The van der Waals surface area contributed by atoms with Crippen LogP contribution in [0.1, 0.15) is 16.7 Å². The molecule has 0 radical (unpaired) electrons. The van der Waals surface area contributed by atoms with Crippen LogP contribution in [0.2, 0.25) is 5.02 Å². The van der Waals surface area contributed by atoms with Crippen molar-refractivity contribution in [2.45, 2.75) is 12.1 Å². The minimum Gasteiger partial charge on any atom is -0.497 e. The summed E-state index contributed by atoms with van der Waals surface area (Å²) in [4.78, 5) is 14.8. The number of hydrogen-bond acceptors (Lipinski definition) is 2. The smallest absolute Gasteiger partial charge is 0.323 e. The largest absolute Gasteiger partial charge is 0.497 e. The number of anilines is 1. The van der Waals surface area contributed by atoms with Crippen LogP contribution in [0.4, 0.5) is 10.5 Å². The van der Waals surface area contributed by atoms with Gasteiger partial charge in [0.15, 0.2) is 5.54 Å². The summed E-state index contributed by atoms with van der Waals surface area (Å²) >= 11 is 6.31. The van der Waals surface area contributed by atoms with E-state index >= 15 is 0 Å². The van der Waals surface area contributed by atoms with Crippen molar-refractivity contribution in [1.29, 1.82) is 0 Å². The highest BCUT2D eigenvalue weighted by Gasteiger charge is 2.46. The van der Waals surface area contributed by atoms with E-state index in [-0.39, 0.29) is 6.03 Å². The Hall–Kier alpha value is -3.42. The van der Waals surface area contributed by atoms with Crippen molar-refractivity contribution in [2.24, 2.45) is 0 Å². The molecule has 0 fully saturated rings. The van der Waals surface area contributed by atoms with E-state index in [1.54, 1.807) is 24.1 Å². The zero-order valence-electron chi connectivity index (χ0n) is 15.9. The molecule has 0 saturated carbocycles. The van der Waals surface area contributed by atoms with Gasteiger partial charge in [-0.25, -0.2) is 4.79 Å². The Morgan fingerprint density at radius 3 is 2.48 bits per heavy atom. The molecule has 5 heteroatoms. The summed E-state index contributed by atoms with van der Waals surface area (Å²) < 4.78 is 5.23. The number of carbonyl (C=O) groups is 1. The minimum absolute atomic E-state index is 0.266. The van der Waals surface area contributed by atoms with E-state index in [0.717, 1.165) is 22.4 Å². The van der Waals surface area contributed by atoms with E-state index in [9.17, 15) is 4.79 Å². The highest BCUT2D eigenvalue weighted by atomic mass is 35.5. The molecule has 4 rings (SSSR count). The number of ether oxygens (including phenoxy) is 1. The zero-order chi connectivity index (χ0) is 20.4. The number of nitrogens with one attached hydrogen (secondary N) is 1. The van der Waals surface area contributed by atoms with Crippen LogP contribution in [0.25, 0.3) is 0 Å². The number of terminal acetylenes is 1. The van der Waals surface area contributed by atoms with Gasteiger partial charge in [-0.3, -0.25) is 4.90 Å². The van der Waals surface area contributed by atoms with E-state index in [1.165, 1.54) is 0 Å². The van der Waals surface area contributed by atoms with Crippen LogP contribution >= 0.6 is 11.6 Å². The van der Waals surface area contributed by atoms with Crippen molar-refractivity contribution < 1.29 is 9.53 Å². The van der Waals surface area contributed by atoms with Gasteiger partial charge in [-0.15, -0.1) is 6.42 Å². The number of hydrogen-bond donors (Lipinski definition) is 1. The average Bonchev–Trinajstić information content (AvgIpc) is 2.76. The third-order valence-corrected chi connectivity index (χ3v) is 5.40. The van der Waals surface area contributed by atoms with Gasteiger partial charge in [0.05, 0.1) is 7.11 Å². The SMILES string of the molecule is C#CC1(c2ccccc2)c2cc(Cl)ccc2NC(=O)N1Cc1ccc(OC)cc1. The van der Waals surface area contributed by atoms with Crippen molar-refractivity contribution in [2.75, 3.05) is 12.4 Å². The fraction of sp³-hybridized carbons (Fsp3) is 0.125. The number of benzene rings is 3. The monoisotopic (exact) mass is 402 g/mol. The summed E-state index contributed by atoms with van der Waals surface area (Å²) in [5.74, 6) is 3.67. The Kier molecular flexibility index (Phi) is 4.92. The lowest BCUT2D eigenvalue weighted by Gasteiger charge is -2.45. The average molecular weight is 403 g/mol. The number of rotatable bonds is 4. The van der Waals surface area contributed by atoms with Crippen LogP contribution in [0.5, 0.6) is 5.75 Å². The van der Waals surface area contributed by atoms with E-state index in [0.29, 0.717) is 17.3 Å². The maximum Gasteiger partial charge on any atom is 0.323 e. The second kappa shape index (κ2) is 7.54. The first-order chi connectivity index (χ1) is 14.1. The first-order valence-electron chi connectivity index (χ1n) is 9.13. The number of fused-ring (bicyclic) bond motifs is 1. The van der Waals surface area contributed by atoms with Crippen molar-refractivity contribution in [3.05, 3.63) is 94.5 Å². The maximum absolute atomic E-state index is 13.2. The summed E-state index contributed by atoms with van der Waals surface area (Å²) in [6.45, 7) is 0.320. The highest BCUT2D eigenvalue weighted by Crippen LogP contribution is 2.44. The van der Waals surface area contributed by atoms with Crippen molar-refractivity contribution in [3.63, 3.8) is 0 Å². The molecule has 1 atom stereocenters. The predicted molar refractivity (Wildman–Crippen MR) is 115 cm³/mol. The predicted octanol–water partition coefficient (Wildman–Crippen LogP) is 5.27. The van der Waals surface area contributed by atoms with Gasteiger partial charge in [-0.1, -0.05) is 60.0 Å². The number of methoxy groups -OCH3 is 1. The van der Waals surface area contributed by atoms with Gasteiger partial charge in [0, 0.05) is 22.8 Å². The molecule has 1 unspecified atom stereocenters. The molecule has 0 spiro atoms. The molecule has 4 nitrogen and oxygen atoms in total. The Bertz CT molecular complexity index is 1090. The fourth-order valence-corrected chi connectivity index (χ4v) is 3.91. The van der Waals surface area contributed by atoms with Crippen LogP contribution in [0, 0.1) is 12.3 Å². The maximum atomic E-state index is 13.2. The van der Waals surface area contributed by atoms with E-state index in [1.807, 2.05) is 60.7 Å². The van der Waals surface area contributed by atoms with Crippen LogP contribution < -0.4 is 10.1 Å². The molecule has 2 amide bonds. The molecule has 1 aliphatic heterocycles. The van der Waals surface area contributed by atoms with E-state index < -0.39 is 5.54 Å². The molecule has 1 heterocycles. The summed E-state index contributed by atoms with van der Waals surface area (Å²) in [5.41, 5.74) is 2.10. The Labute approximate surface area is 175 Å². The van der Waals surface area contributed by atoms with Gasteiger partial charge < -0.3 is 10.1 Å². The lowest BCUT2D eigenvalue weighted by molar-refractivity contribution is 0.168. The second-order valence-corrected chi connectivity index (χ2v) is 7.21. The van der Waals surface area contributed by atoms with Gasteiger partial charge >= 0.3 is 6.03 Å². The fourth-order valence-electron chi connectivity index (χ4n) is 3.74. The molecule has 0 saturated heterocycles. The van der Waals surface area contributed by atoms with Gasteiger partial charge in [0.2, 0.25) is 0 Å². The lowest BCUT2D eigenvalue weighted by Crippen LogP contribution is -2.54. The molecule has 29 heavy (non-hydrogen) atoms. The van der Waals surface area contributed by atoms with Crippen LogP contribution in [0.3, 0.4) is 0 Å². The molecule has 144 valence electrons. The molecule has 0 aliphatic carbocycles. The normalized spacial score (nSPS) is 17.8. The van der Waals surface area contributed by atoms with Crippen molar-refractivity contribution in [1.82, 2.24) is 4.90 Å². The van der Waals surface area contributed by atoms with Crippen molar-refractivity contribution >= 4 is 23.3 Å². The molecule has 3 aromatic rings. The number of halogens is 1. The van der Waals surface area contributed by atoms with E-state index in [4.69, 9.17) is 22.8 Å². The van der Waals surface area contributed by atoms with Gasteiger partial charge in [0.25, 0.3) is 0 Å². The Morgan fingerprint density at radius 1 is 1.10 bits per heavy atom. The summed E-state index contributed by atoms with van der Waals surface area (Å²) in [5, 5.41) is 3.50. The molecule has 0 bridgehead atoms. The molecule has 1 N–H and O–H groups in total. The standard InChI is InChI=1S/C24H19ClN2O2/c1-3-24(18-7-5-4-6-8-18)21-15-19(25)11-14-22(21)26-23(28)27(24)16-17-9-12-20(29-2)13-10-17/h1,4-15H,16H2,2H3,(H,26,28). The lowest BCUT2D eigenvalue weighted by atomic mass is 9.79. The third kappa shape index (κ3) is 3.20. The molecule has 3 aromatic carbocycles. The van der Waals surface area contributed by atoms with Crippen LogP contribution in [-0.2, 0) is 12.1 Å². The number of amides is 2. The molecule has 1 aliphatic rings. The summed E-state index contributed by atoms with van der Waals surface area (Å²) in [6.07, 6.45) is 6.15. The highest BCUT2D eigenvalue weighted by molar-refractivity contribution is 6.30. The third-order valence-electron chi connectivity index (χ3n) is 5.16. The molecular weight excluding hydrogens is 384 g/mol. The van der Waals surface area contributed by atoms with Gasteiger partial charge in [-0.05, 0) is 41.5 Å². The minimum atomic E-state index is -1.09. The topological polar surface area (TPSA) is 41.6 Å². The zero-order valence-corrected chi connectivity index (χ0v) is 16.6. The number of urea groups is 1. The van der Waals surface area contributed by atoms with Gasteiger partial charge in [-0.2, -0.15) is 0 Å². The first kappa shape index (κ1) is 18.9. The summed E-state index contributed by atoms with van der Waals surface area (Å²) in [6, 6.07) is 22.3. The quantitative estimate of drug-likeness (QED) is 0.604. The van der Waals surface area contributed by atoms with Crippen molar-refractivity contribution in [3.8, 4) is 18.1 Å². The number of nitrogens with zero attached hydrogens (tertiary/aromatic N) is 1. The van der Waals surface area contributed by atoms with Gasteiger partial charge in [0.1, 0.15) is 5.75 Å². The number of carbonyl (C=O) groups excluding carboxylic acids is 1. The second-order valence-electron chi connectivity index (χ2n) is 6.78. The van der Waals surface area contributed by atoms with Crippen LogP contribution in [-0.4, -0.2) is 18.0 Å². The Morgan fingerprint density at radius 2 is 1.83 bits per heavy atom. The first-order valence-corrected chi connectivity index (χ1v) is 9.51. The Balaban J connectivity index is 1.90. The molecule has 0 aromatic heterocycles. The van der Waals surface area contributed by atoms with Crippen LogP contribution in [0.15, 0.2) is 72.8 Å². The summed E-state index contributed by atoms with van der Waals surface area (Å²) in [7, 11) is 1.62. The molecular formula is C24H19ClN2O2. The van der Waals surface area contributed by atoms with E-state index in [2.05, 4.69) is 11.2 Å².